The van der Waals surface area contributed by atoms with Gasteiger partial charge >= 0.3 is 0 Å². The molecule has 0 heterocycles. The second-order valence-corrected chi connectivity index (χ2v) is 6.47. The van der Waals surface area contributed by atoms with E-state index in [9.17, 15) is 0 Å². The Morgan fingerprint density at radius 3 is 2.59 bits per heavy atom. The number of aryl methyl sites for hydroxylation is 1. The summed E-state index contributed by atoms with van der Waals surface area (Å²) in [6.45, 7) is 3.35. The third-order valence-electron chi connectivity index (χ3n) is 4.84. The summed E-state index contributed by atoms with van der Waals surface area (Å²) >= 11 is 0. The highest BCUT2D eigenvalue weighted by atomic mass is 14.9. The van der Waals surface area contributed by atoms with Crippen molar-refractivity contribution in [2.24, 2.45) is 5.92 Å². The van der Waals surface area contributed by atoms with E-state index >= 15 is 0 Å². The second-order valence-electron chi connectivity index (χ2n) is 6.47. The first-order valence-electron chi connectivity index (χ1n) is 8.73. The van der Waals surface area contributed by atoms with Crippen LogP contribution in [0.15, 0.2) is 54.6 Å². The quantitative estimate of drug-likeness (QED) is 0.771. The lowest BCUT2D eigenvalue weighted by Gasteiger charge is -2.28. The standard InChI is InChI=1S/C21H27N/c1-2-15-22-21-19(16-17-9-4-3-5-10-17)13-8-12-18-11-6-7-14-20(18)21/h3-7,9-11,14,19,21-22H,2,8,12-13,15-16H2,1H3. The maximum absolute atomic E-state index is 3.84. The molecule has 1 aliphatic rings. The molecular weight excluding hydrogens is 266 g/mol. The molecule has 0 bridgehead atoms. The minimum atomic E-state index is 0.499. The summed E-state index contributed by atoms with van der Waals surface area (Å²) in [5.41, 5.74) is 4.55. The van der Waals surface area contributed by atoms with Gasteiger partial charge in [-0.05, 0) is 61.3 Å². The summed E-state index contributed by atoms with van der Waals surface area (Å²) in [5, 5.41) is 3.84. The van der Waals surface area contributed by atoms with Gasteiger partial charge in [-0.2, -0.15) is 0 Å². The molecule has 2 atom stereocenters. The van der Waals surface area contributed by atoms with Crippen molar-refractivity contribution in [3.05, 3.63) is 71.3 Å². The molecule has 0 saturated heterocycles. The maximum Gasteiger partial charge on any atom is 0.0354 e. The van der Waals surface area contributed by atoms with Gasteiger partial charge in [0.15, 0.2) is 0 Å². The molecular formula is C21H27N. The fraction of sp³-hybridized carbons (Fsp3) is 0.429. The van der Waals surface area contributed by atoms with E-state index in [1.165, 1.54) is 43.2 Å². The van der Waals surface area contributed by atoms with Crippen LogP contribution in [0.3, 0.4) is 0 Å². The van der Waals surface area contributed by atoms with Gasteiger partial charge in [-0.15, -0.1) is 0 Å². The molecule has 0 saturated carbocycles. The third kappa shape index (κ3) is 3.59. The van der Waals surface area contributed by atoms with Gasteiger partial charge in [0.2, 0.25) is 0 Å². The van der Waals surface area contributed by atoms with Crippen LogP contribution in [0.4, 0.5) is 0 Å². The maximum atomic E-state index is 3.84. The average Bonchev–Trinajstić information content (AvgIpc) is 2.73. The van der Waals surface area contributed by atoms with Crippen LogP contribution in [0.1, 0.15) is 48.9 Å². The molecule has 1 nitrogen and oxygen atoms in total. The van der Waals surface area contributed by atoms with Crippen molar-refractivity contribution in [2.75, 3.05) is 6.54 Å². The van der Waals surface area contributed by atoms with Gasteiger partial charge in [0.25, 0.3) is 0 Å². The Morgan fingerprint density at radius 2 is 1.77 bits per heavy atom. The molecule has 2 aromatic carbocycles. The van der Waals surface area contributed by atoms with E-state index in [1.807, 2.05) is 0 Å². The monoisotopic (exact) mass is 293 g/mol. The van der Waals surface area contributed by atoms with Gasteiger partial charge in [-0.25, -0.2) is 0 Å². The number of hydrogen-bond acceptors (Lipinski definition) is 1. The van der Waals surface area contributed by atoms with Gasteiger partial charge in [-0.3, -0.25) is 0 Å². The lowest BCUT2D eigenvalue weighted by molar-refractivity contribution is 0.341. The molecule has 0 spiro atoms. The van der Waals surface area contributed by atoms with E-state index in [1.54, 1.807) is 5.56 Å². The molecule has 116 valence electrons. The first-order valence-corrected chi connectivity index (χ1v) is 8.73. The van der Waals surface area contributed by atoms with E-state index in [4.69, 9.17) is 0 Å². The van der Waals surface area contributed by atoms with Crippen molar-refractivity contribution >= 4 is 0 Å². The average molecular weight is 293 g/mol. The van der Waals surface area contributed by atoms with Crippen molar-refractivity contribution in [3.8, 4) is 0 Å². The normalized spacial score (nSPS) is 21.1. The van der Waals surface area contributed by atoms with Gasteiger partial charge < -0.3 is 5.32 Å². The molecule has 0 fully saturated rings. The van der Waals surface area contributed by atoms with E-state index in [0.29, 0.717) is 12.0 Å². The number of hydrogen-bond donors (Lipinski definition) is 1. The molecule has 1 N–H and O–H groups in total. The molecule has 2 unspecified atom stereocenters. The Kier molecular flexibility index (Phi) is 5.29. The van der Waals surface area contributed by atoms with Crippen LogP contribution in [0.2, 0.25) is 0 Å². The topological polar surface area (TPSA) is 12.0 Å². The van der Waals surface area contributed by atoms with Crippen molar-refractivity contribution < 1.29 is 0 Å². The zero-order valence-electron chi connectivity index (χ0n) is 13.6. The van der Waals surface area contributed by atoms with Crippen LogP contribution in [-0.2, 0) is 12.8 Å². The fourth-order valence-electron chi connectivity index (χ4n) is 3.75. The molecule has 1 aliphatic carbocycles. The lowest BCUT2D eigenvalue weighted by atomic mass is 9.85. The number of rotatable bonds is 5. The van der Waals surface area contributed by atoms with Crippen LogP contribution in [0.25, 0.3) is 0 Å². The Morgan fingerprint density at radius 1 is 1.00 bits per heavy atom. The summed E-state index contributed by atoms with van der Waals surface area (Å²) < 4.78 is 0. The van der Waals surface area contributed by atoms with Crippen LogP contribution in [0, 0.1) is 5.92 Å². The molecule has 1 heteroatoms. The summed E-state index contributed by atoms with van der Waals surface area (Å²) in [5.74, 6) is 0.692. The predicted octanol–water partition coefficient (Wildman–Crippen LogP) is 4.92. The van der Waals surface area contributed by atoms with E-state index in [0.717, 1.165) is 6.54 Å². The van der Waals surface area contributed by atoms with Crippen LogP contribution < -0.4 is 5.32 Å². The molecule has 0 aliphatic heterocycles. The van der Waals surface area contributed by atoms with E-state index < -0.39 is 0 Å². The second kappa shape index (κ2) is 7.60. The molecule has 22 heavy (non-hydrogen) atoms. The highest BCUT2D eigenvalue weighted by Gasteiger charge is 2.27. The summed E-state index contributed by atoms with van der Waals surface area (Å²) in [7, 11) is 0. The van der Waals surface area contributed by atoms with Crippen molar-refractivity contribution in [3.63, 3.8) is 0 Å². The van der Waals surface area contributed by atoms with E-state index in [2.05, 4.69) is 66.8 Å². The minimum absolute atomic E-state index is 0.499. The fourth-order valence-corrected chi connectivity index (χ4v) is 3.75. The highest BCUT2D eigenvalue weighted by Crippen LogP contribution is 2.35. The molecule has 0 amide bonds. The zero-order chi connectivity index (χ0) is 15.2. The minimum Gasteiger partial charge on any atom is -0.310 e. The highest BCUT2D eigenvalue weighted by molar-refractivity contribution is 5.32. The van der Waals surface area contributed by atoms with Gasteiger partial charge in [0.05, 0.1) is 0 Å². The molecule has 0 aromatic heterocycles. The number of benzene rings is 2. The lowest BCUT2D eigenvalue weighted by Crippen LogP contribution is -2.30. The van der Waals surface area contributed by atoms with Gasteiger partial charge in [0, 0.05) is 6.04 Å². The molecule has 2 aromatic rings. The number of fused-ring (bicyclic) bond motifs is 1. The Labute approximate surface area is 134 Å². The summed E-state index contributed by atoms with van der Waals surface area (Å²) in [4.78, 5) is 0. The van der Waals surface area contributed by atoms with E-state index in [-0.39, 0.29) is 0 Å². The first-order chi connectivity index (χ1) is 10.9. The van der Waals surface area contributed by atoms with Crippen molar-refractivity contribution in [1.82, 2.24) is 5.32 Å². The predicted molar refractivity (Wildman–Crippen MR) is 94.1 cm³/mol. The smallest absolute Gasteiger partial charge is 0.0354 e. The third-order valence-corrected chi connectivity index (χ3v) is 4.84. The Bertz CT molecular complexity index is 575. The molecule has 3 rings (SSSR count). The Balaban J connectivity index is 1.86. The van der Waals surface area contributed by atoms with Crippen LogP contribution in [0.5, 0.6) is 0 Å². The van der Waals surface area contributed by atoms with Gasteiger partial charge in [0.1, 0.15) is 0 Å². The molecule has 0 radical (unpaired) electrons. The number of nitrogens with one attached hydrogen (secondary N) is 1. The summed E-state index contributed by atoms with van der Waals surface area (Å²) in [6, 6.07) is 20.5. The summed E-state index contributed by atoms with van der Waals surface area (Å²) in [6.07, 6.45) is 6.21. The van der Waals surface area contributed by atoms with Crippen molar-refractivity contribution in [2.45, 2.75) is 45.1 Å². The largest absolute Gasteiger partial charge is 0.310 e. The zero-order valence-corrected chi connectivity index (χ0v) is 13.6. The first kappa shape index (κ1) is 15.3. The van der Waals surface area contributed by atoms with Crippen LogP contribution >= 0.6 is 0 Å². The SMILES string of the molecule is CCCNC1c2ccccc2CCCC1Cc1ccccc1. The van der Waals surface area contributed by atoms with Gasteiger partial charge in [-0.1, -0.05) is 61.5 Å². The Hall–Kier alpha value is -1.60. The van der Waals surface area contributed by atoms with Crippen LogP contribution in [-0.4, -0.2) is 6.54 Å². The van der Waals surface area contributed by atoms with Crippen molar-refractivity contribution in [1.29, 1.82) is 0 Å².